The molecule has 3 aromatic carbocycles. The third-order valence-electron chi connectivity index (χ3n) is 9.89. The van der Waals surface area contributed by atoms with Gasteiger partial charge in [-0.05, 0) is 95.8 Å². The SMILES string of the molecule is CN1C[C@H](Nc2cnn(C)c(=O)c2Br)C[C@H](c2ccc(C(=O)N(C)c3ccc(Oc4cccc5c4C(=O)N(C4CCC(=O)NC4=O)C5=O)cc3)cc2)C1. The number of nitrogens with one attached hydrogen (secondary N) is 2. The van der Waals surface area contributed by atoms with E-state index < -0.39 is 29.7 Å². The molecule has 7 rings (SSSR count). The van der Waals surface area contributed by atoms with Gasteiger partial charge in [-0.15, -0.1) is 0 Å². The lowest BCUT2D eigenvalue weighted by Crippen LogP contribution is -2.54. The Morgan fingerprint density at radius 2 is 1.70 bits per heavy atom. The molecule has 3 aliphatic heterocycles. The van der Waals surface area contributed by atoms with Gasteiger partial charge in [0.15, 0.2) is 0 Å². The van der Waals surface area contributed by atoms with Gasteiger partial charge >= 0.3 is 0 Å². The number of carbonyl (C=O) groups excluding carboxylic acids is 5. The second-order valence-electron chi connectivity index (χ2n) is 13.5. The van der Waals surface area contributed by atoms with Gasteiger partial charge in [0.2, 0.25) is 11.8 Å². The van der Waals surface area contributed by atoms with E-state index in [2.05, 4.69) is 43.6 Å². The predicted octanol–water partition coefficient (Wildman–Crippen LogP) is 3.91. The van der Waals surface area contributed by atoms with Gasteiger partial charge < -0.3 is 19.9 Å². The molecule has 0 radical (unpaired) electrons. The smallest absolute Gasteiger partial charge is 0.282 e. The molecule has 1 aromatic heterocycles. The van der Waals surface area contributed by atoms with Crippen molar-refractivity contribution in [3.05, 3.63) is 110 Å². The molecule has 0 bridgehead atoms. The van der Waals surface area contributed by atoms with Crippen LogP contribution >= 0.6 is 15.9 Å². The summed E-state index contributed by atoms with van der Waals surface area (Å²) in [5.74, 6) is -1.89. The molecule has 4 heterocycles. The largest absolute Gasteiger partial charge is 0.457 e. The van der Waals surface area contributed by atoms with E-state index in [9.17, 15) is 28.8 Å². The molecule has 0 spiro atoms. The van der Waals surface area contributed by atoms with Crippen molar-refractivity contribution < 1.29 is 28.7 Å². The van der Waals surface area contributed by atoms with Crippen LogP contribution in [0.25, 0.3) is 0 Å². The maximum atomic E-state index is 13.5. The molecule has 15 heteroatoms. The number of fused-ring (bicyclic) bond motifs is 1. The number of halogens is 1. The predicted molar refractivity (Wildman–Crippen MR) is 198 cm³/mol. The number of benzene rings is 3. The molecule has 3 atom stereocenters. The molecule has 1 unspecified atom stereocenters. The maximum Gasteiger partial charge on any atom is 0.282 e. The molecule has 3 aliphatic rings. The molecule has 0 aliphatic carbocycles. The number of aryl methyl sites for hydroxylation is 1. The van der Waals surface area contributed by atoms with Gasteiger partial charge in [0.1, 0.15) is 22.0 Å². The molecule has 4 aromatic rings. The molecule has 2 fully saturated rings. The first-order valence-electron chi connectivity index (χ1n) is 17.1. The lowest BCUT2D eigenvalue weighted by atomic mass is 9.87. The van der Waals surface area contributed by atoms with Crippen molar-refractivity contribution in [2.24, 2.45) is 7.05 Å². The zero-order valence-electron chi connectivity index (χ0n) is 29.2. The van der Waals surface area contributed by atoms with Crippen LogP contribution in [0.2, 0.25) is 0 Å². The summed E-state index contributed by atoms with van der Waals surface area (Å²) < 4.78 is 7.78. The van der Waals surface area contributed by atoms with Gasteiger partial charge in [0.25, 0.3) is 23.3 Å². The van der Waals surface area contributed by atoms with Crippen molar-refractivity contribution in [1.82, 2.24) is 24.9 Å². The summed E-state index contributed by atoms with van der Waals surface area (Å²) in [6.07, 6.45) is 2.56. The second-order valence-corrected chi connectivity index (χ2v) is 14.3. The Bertz CT molecular complexity index is 2210. The lowest BCUT2D eigenvalue weighted by Gasteiger charge is -2.37. The summed E-state index contributed by atoms with van der Waals surface area (Å²) in [7, 11) is 5.35. The van der Waals surface area contributed by atoms with E-state index in [0.29, 0.717) is 27.2 Å². The number of imide groups is 2. The van der Waals surface area contributed by atoms with E-state index in [0.717, 1.165) is 30.0 Å². The summed E-state index contributed by atoms with van der Waals surface area (Å²) in [6, 6.07) is 18.0. The Labute approximate surface area is 312 Å². The van der Waals surface area contributed by atoms with Gasteiger partial charge in [-0.3, -0.25) is 39.0 Å². The number of likely N-dealkylation sites (tertiary alicyclic amines) is 1. The molecular weight excluding hydrogens is 746 g/mol. The van der Waals surface area contributed by atoms with Gasteiger partial charge in [-0.1, -0.05) is 18.2 Å². The topological polar surface area (TPSA) is 163 Å². The average molecular weight is 783 g/mol. The van der Waals surface area contributed by atoms with E-state index in [-0.39, 0.29) is 53.1 Å². The number of hydrogen-bond donors (Lipinski definition) is 2. The first-order chi connectivity index (χ1) is 25.4. The number of likely N-dealkylation sites (N-methyl/N-ethyl adjacent to an activating group) is 1. The minimum Gasteiger partial charge on any atom is -0.457 e. The van der Waals surface area contributed by atoms with Crippen molar-refractivity contribution in [1.29, 1.82) is 0 Å². The number of piperidine rings is 2. The fourth-order valence-corrected chi connectivity index (χ4v) is 7.61. The van der Waals surface area contributed by atoms with E-state index in [1.165, 1.54) is 15.6 Å². The molecule has 2 saturated heterocycles. The number of carbonyl (C=O) groups is 5. The highest BCUT2D eigenvalue weighted by Crippen LogP contribution is 2.36. The van der Waals surface area contributed by atoms with Gasteiger partial charge in [-0.25, -0.2) is 4.68 Å². The molecule has 5 amide bonds. The summed E-state index contributed by atoms with van der Waals surface area (Å²) in [6.45, 7) is 1.65. The van der Waals surface area contributed by atoms with E-state index >= 15 is 0 Å². The standard InChI is InChI=1S/C38H36BrN7O7/c1-43-19-23(17-24(20-43)41-28-18-40-45(3)38(52)33(28)39)21-7-9-22(10-8-21)35(49)44(2)25-11-13-26(14-12-25)53-30-6-4-5-27-32(30)37(51)46(36(27)50)29-15-16-31(47)42-34(29)48/h4-14,18,23-24,29,41H,15-17,19-20H2,1-3H3,(H,42,47,48)/t23-,24+,29?/m0/s1. The lowest BCUT2D eigenvalue weighted by molar-refractivity contribution is -0.136. The highest BCUT2D eigenvalue weighted by molar-refractivity contribution is 9.10. The Morgan fingerprint density at radius 1 is 0.962 bits per heavy atom. The molecule has 53 heavy (non-hydrogen) atoms. The number of hydrogen-bond acceptors (Lipinski definition) is 10. The van der Waals surface area contributed by atoms with Crippen LogP contribution in [0.5, 0.6) is 11.5 Å². The summed E-state index contributed by atoms with van der Waals surface area (Å²) in [5, 5.41) is 9.80. The molecular formula is C38H36BrN7O7. The van der Waals surface area contributed by atoms with Crippen molar-refractivity contribution in [2.75, 3.05) is 37.4 Å². The number of ether oxygens (including phenoxy) is 1. The van der Waals surface area contributed by atoms with E-state index in [4.69, 9.17) is 4.74 Å². The molecule has 14 nitrogen and oxygen atoms in total. The Kier molecular flexibility index (Phi) is 9.70. The van der Waals surface area contributed by atoms with Crippen LogP contribution in [0.15, 0.2) is 82.2 Å². The Hall–Kier alpha value is -5.67. The highest BCUT2D eigenvalue weighted by atomic mass is 79.9. The van der Waals surface area contributed by atoms with Crippen molar-refractivity contribution >= 4 is 56.8 Å². The van der Waals surface area contributed by atoms with Gasteiger partial charge in [-0.2, -0.15) is 5.10 Å². The van der Waals surface area contributed by atoms with E-state index in [1.54, 1.807) is 56.7 Å². The molecule has 0 saturated carbocycles. The summed E-state index contributed by atoms with van der Waals surface area (Å²) >= 11 is 3.40. The summed E-state index contributed by atoms with van der Waals surface area (Å²) in [5.41, 5.74) is 2.85. The van der Waals surface area contributed by atoms with Crippen molar-refractivity contribution in [3.63, 3.8) is 0 Å². The van der Waals surface area contributed by atoms with Crippen molar-refractivity contribution in [2.45, 2.75) is 37.3 Å². The average Bonchev–Trinajstić information content (AvgIpc) is 3.40. The van der Waals surface area contributed by atoms with Crippen LogP contribution in [-0.4, -0.2) is 88.4 Å². The van der Waals surface area contributed by atoms with Crippen LogP contribution in [0.3, 0.4) is 0 Å². The number of aromatic nitrogens is 2. The zero-order valence-corrected chi connectivity index (χ0v) is 30.8. The molecule has 2 N–H and O–H groups in total. The second kappa shape index (κ2) is 14.4. The fraction of sp³-hybridized carbons (Fsp3) is 0.289. The minimum absolute atomic E-state index is 0.0243. The number of anilines is 2. The number of nitrogens with zero attached hydrogens (tertiary/aromatic N) is 5. The van der Waals surface area contributed by atoms with E-state index in [1.807, 2.05) is 24.3 Å². The third-order valence-corrected chi connectivity index (χ3v) is 10.7. The Balaban J connectivity index is 0.999. The zero-order chi connectivity index (χ0) is 37.6. The highest BCUT2D eigenvalue weighted by Gasteiger charge is 2.46. The van der Waals surface area contributed by atoms with Gasteiger partial charge in [0, 0.05) is 50.9 Å². The third kappa shape index (κ3) is 6.97. The fourth-order valence-electron chi connectivity index (χ4n) is 7.14. The molecule has 272 valence electrons. The monoisotopic (exact) mass is 781 g/mol. The van der Waals surface area contributed by atoms with Gasteiger partial charge in [0.05, 0.1) is 23.0 Å². The minimum atomic E-state index is -1.08. The van der Waals surface area contributed by atoms with Crippen LogP contribution in [0.4, 0.5) is 11.4 Å². The van der Waals surface area contributed by atoms with Crippen LogP contribution in [0, 0.1) is 0 Å². The quantitative estimate of drug-likeness (QED) is 0.251. The number of amides is 5. The summed E-state index contributed by atoms with van der Waals surface area (Å²) in [4.78, 5) is 81.2. The van der Waals surface area contributed by atoms with Crippen LogP contribution < -0.4 is 25.8 Å². The first-order valence-corrected chi connectivity index (χ1v) is 17.9. The van der Waals surface area contributed by atoms with Crippen LogP contribution in [-0.2, 0) is 16.6 Å². The maximum absolute atomic E-state index is 13.5. The number of rotatable bonds is 8. The normalized spacial score (nSPS) is 20.2. The van der Waals surface area contributed by atoms with Crippen LogP contribution in [0.1, 0.15) is 61.8 Å². The first kappa shape index (κ1) is 35.7. The van der Waals surface area contributed by atoms with Crippen molar-refractivity contribution in [3.8, 4) is 11.5 Å². The Morgan fingerprint density at radius 3 is 2.42 bits per heavy atom.